The van der Waals surface area contributed by atoms with E-state index in [2.05, 4.69) is 25.8 Å². The van der Waals surface area contributed by atoms with Crippen LogP contribution in [-0.2, 0) is 26.5 Å². The molecule has 1 heterocycles. The summed E-state index contributed by atoms with van der Waals surface area (Å²) < 4.78 is 24.3. The smallest absolute Gasteiger partial charge is 0.190 e. The van der Waals surface area contributed by atoms with Gasteiger partial charge in [0.1, 0.15) is 9.75 Å². The van der Waals surface area contributed by atoms with Gasteiger partial charge < -0.3 is 0 Å². The van der Waals surface area contributed by atoms with Crippen molar-refractivity contribution < 1.29 is 13.2 Å². The highest BCUT2D eigenvalue weighted by Crippen LogP contribution is 2.33. The van der Waals surface area contributed by atoms with Crippen molar-refractivity contribution in [3.05, 3.63) is 44.9 Å². The van der Waals surface area contributed by atoms with Crippen LogP contribution >= 0.6 is 22.9 Å². The van der Waals surface area contributed by atoms with Crippen molar-refractivity contribution in [2.75, 3.05) is 0 Å². The summed E-state index contributed by atoms with van der Waals surface area (Å²) in [5.74, 6) is -0.373. The van der Waals surface area contributed by atoms with Gasteiger partial charge >= 0.3 is 0 Å². The number of hydrogen-bond donors (Lipinski definition) is 0. The lowest BCUT2D eigenvalue weighted by molar-refractivity contribution is -0.120. The molecule has 0 aliphatic heterocycles. The monoisotopic (exact) mass is 413 g/mol. The van der Waals surface area contributed by atoms with Gasteiger partial charge in [0, 0.05) is 9.90 Å². The molecule has 2 rings (SSSR count). The number of Topliss-reactive ketones (excluding diaryl/α,β-unsaturated/α-hetero) is 1. The Labute approximate surface area is 164 Å². The minimum absolute atomic E-state index is 0.00140. The first kappa shape index (κ1) is 21.1. The van der Waals surface area contributed by atoms with Crippen molar-refractivity contribution in [2.24, 2.45) is 0 Å². The molecule has 0 saturated heterocycles. The number of halogens is 1. The molecule has 0 radical (unpaired) electrons. The molecule has 0 aliphatic rings. The molecule has 7 heteroatoms. The summed E-state index contributed by atoms with van der Waals surface area (Å²) in [4.78, 5) is 18.5. The fourth-order valence-electron chi connectivity index (χ4n) is 2.63. The first-order chi connectivity index (χ1) is 11.8. The van der Waals surface area contributed by atoms with Crippen LogP contribution in [0.1, 0.15) is 50.2 Å². The lowest BCUT2D eigenvalue weighted by Gasteiger charge is -2.23. The second-order valence-electron chi connectivity index (χ2n) is 7.84. The average Bonchev–Trinajstić information content (AvgIpc) is 2.88. The Balaban J connectivity index is 2.32. The Hall–Kier alpha value is -1.24. The fourth-order valence-corrected chi connectivity index (χ4v) is 5.33. The van der Waals surface area contributed by atoms with Crippen LogP contribution in [0, 0.1) is 6.92 Å². The Bertz CT molecular complexity index is 921. The number of carbonyl (C=O) groups is 1. The van der Waals surface area contributed by atoms with Gasteiger partial charge in [-0.25, -0.2) is 13.4 Å². The number of ketones is 1. The van der Waals surface area contributed by atoms with Crippen molar-refractivity contribution >= 4 is 38.6 Å². The molecule has 2 aromatic rings. The molecule has 0 N–H and O–H groups in total. The molecule has 4 nitrogen and oxygen atoms in total. The molecule has 0 amide bonds. The minimum Gasteiger partial charge on any atom is -0.297 e. The van der Waals surface area contributed by atoms with Crippen molar-refractivity contribution in [2.45, 2.75) is 63.0 Å². The van der Waals surface area contributed by atoms with Crippen LogP contribution in [0.2, 0.25) is 5.02 Å². The highest BCUT2D eigenvalue weighted by atomic mass is 35.5. The summed E-state index contributed by atoms with van der Waals surface area (Å²) >= 11 is 7.31. The number of carbonyl (C=O) groups excluding carboxylic acids is 1. The summed E-state index contributed by atoms with van der Waals surface area (Å²) in [6.45, 7) is 11.1. The van der Waals surface area contributed by atoms with E-state index in [1.54, 1.807) is 0 Å². The van der Waals surface area contributed by atoms with Gasteiger partial charge in [0.15, 0.2) is 15.6 Å². The Kier molecular flexibility index (Phi) is 5.72. The molecule has 1 aromatic heterocycles. The van der Waals surface area contributed by atoms with E-state index in [0.717, 1.165) is 10.6 Å². The van der Waals surface area contributed by atoms with Crippen molar-refractivity contribution in [3.8, 4) is 0 Å². The van der Waals surface area contributed by atoms with Crippen molar-refractivity contribution in [1.82, 2.24) is 4.98 Å². The predicted molar refractivity (Wildman–Crippen MR) is 107 cm³/mol. The van der Waals surface area contributed by atoms with E-state index >= 15 is 0 Å². The van der Waals surface area contributed by atoms with Gasteiger partial charge in [-0.2, -0.15) is 0 Å². The molecule has 0 fully saturated rings. The van der Waals surface area contributed by atoms with Crippen LogP contribution in [0.3, 0.4) is 0 Å². The number of rotatable bonds is 5. The van der Waals surface area contributed by atoms with Gasteiger partial charge in [-0.1, -0.05) is 32.4 Å². The molecular formula is C19H24ClNO3S2. The van der Waals surface area contributed by atoms with Crippen LogP contribution in [0.4, 0.5) is 0 Å². The summed E-state index contributed by atoms with van der Waals surface area (Å²) in [7, 11) is -3.84. The number of aromatic nitrogens is 1. The highest BCUT2D eigenvalue weighted by molar-refractivity contribution is 7.93. The molecule has 1 aromatic carbocycles. The summed E-state index contributed by atoms with van der Waals surface area (Å²) in [6.07, 6.45) is 0.00140. The van der Waals surface area contributed by atoms with E-state index in [9.17, 15) is 13.2 Å². The largest absolute Gasteiger partial charge is 0.297 e. The molecular weight excluding hydrogens is 390 g/mol. The summed E-state index contributed by atoms with van der Waals surface area (Å²) in [5, 5.41) is 1.10. The van der Waals surface area contributed by atoms with Crippen LogP contribution in [0.5, 0.6) is 0 Å². The van der Waals surface area contributed by atoms with E-state index in [4.69, 9.17) is 11.6 Å². The Morgan fingerprint density at radius 1 is 1.12 bits per heavy atom. The second kappa shape index (κ2) is 7.06. The average molecular weight is 414 g/mol. The summed E-state index contributed by atoms with van der Waals surface area (Å²) in [6, 6.07) is 5.87. The normalized spacial score (nSPS) is 13.0. The quantitative estimate of drug-likeness (QED) is 0.708. The molecule has 0 saturated carbocycles. The number of aryl methyl sites for hydroxylation is 1. The zero-order chi connectivity index (χ0) is 19.9. The standard InChI is InChI=1S/C19H24ClNO3S2/c1-12-17(18(2,3)4)25-16(21-12)11-15(22)19(5,6)26(23,24)14-9-7-13(20)8-10-14/h7-10H,11H2,1-6H3. The minimum atomic E-state index is -3.84. The van der Waals surface area contributed by atoms with E-state index in [-0.39, 0.29) is 22.5 Å². The lowest BCUT2D eigenvalue weighted by Crippen LogP contribution is -2.41. The molecule has 26 heavy (non-hydrogen) atoms. The zero-order valence-electron chi connectivity index (χ0n) is 15.9. The number of sulfone groups is 1. The second-order valence-corrected chi connectivity index (χ2v) is 11.9. The van der Waals surface area contributed by atoms with Crippen LogP contribution in [-0.4, -0.2) is 23.9 Å². The first-order valence-electron chi connectivity index (χ1n) is 8.27. The van der Waals surface area contributed by atoms with Gasteiger partial charge in [0.25, 0.3) is 0 Å². The topological polar surface area (TPSA) is 64.1 Å². The zero-order valence-corrected chi connectivity index (χ0v) is 18.3. The molecule has 0 aliphatic carbocycles. The molecule has 0 atom stereocenters. The maximum atomic E-state index is 12.9. The van der Waals surface area contributed by atoms with E-state index in [0.29, 0.717) is 10.0 Å². The number of benzene rings is 1. The van der Waals surface area contributed by atoms with Gasteiger partial charge in [-0.15, -0.1) is 11.3 Å². The molecule has 0 bridgehead atoms. The maximum Gasteiger partial charge on any atom is 0.190 e. The third-order valence-electron chi connectivity index (χ3n) is 4.30. The number of hydrogen-bond acceptors (Lipinski definition) is 5. The maximum absolute atomic E-state index is 12.9. The predicted octanol–water partition coefficient (Wildman–Crippen LogP) is 4.77. The van der Waals surface area contributed by atoms with Gasteiger partial charge in [-0.3, -0.25) is 4.79 Å². The van der Waals surface area contributed by atoms with E-state index < -0.39 is 14.6 Å². The van der Waals surface area contributed by atoms with Crippen molar-refractivity contribution in [3.63, 3.8) is 0 Å². The number of nitrogens with zero attached hydrogens (tertiary/aromatic N) is 1. The molecule has 0 unspecified atom stereocenters. The summed E-state index contributed by atoms with van der Waals surface area (Å²) in [5.41, 5.74) is 0.831. The van der Waals surface area contributed by atoms with Crippen LogP contribution in [0.15, 0.2) is 29.2 Å². The molecule has 0 spiro atoms. The lowest BCUT2D eigenvalue weighted by atomic mass is 9.93. The Morgan fingerprint density at radius 3 is 2.12 bits per heavy atom. The van der Waals surface area contributed by atoms with Gasteiger partial charge in [0.2, 0.25) is 0 Å². The van der Waals surface area contributed by atoms with Crippen LogP contribution < -0.4 is 0 Å². The highest BCUT2D eigenvalue weighted by Gasteiger charge is 2.42. The van der Waals surface area contributed by atoms with E-state index in [1.165, 1.54) is 49.4 Å². The molecule has 142 valence electrons. The van der Waals surface area contributed by atoms with Gasteiger partial charge in [-0.05, 0) is 50.5 Å². The first-order valence-corrected chi connectivity index (χ1v) is 10.9. The van der Waals surface area contributed by atoms with E-state index in [1.807, 2.05) is 6.92 Å². The SMILES string of the molecule is Cc1nc(CC(=O)C(C)(C)S(=O)(=O)c2ccc(Cl)cc2)sc1C(C)(C)C. The fraction of sp³-hybridized carbons (Fsp3) is 0.474. The number of thiazole rings is 1. The Morgan fingerprint density at radius 2 is 1.65 bits per heavy atom. The van der Waals surface area contributed by atoms with Gasteiger partial charge in [0.05, 0.1) is 17.0 Å². The third-order valence-corrected chi connectivity index (χ3v) is 8.60. The van der Waals surface area contributed by atoms with Crippen LogP contribution in [0.25, 0.3) is 0 Å². The third kappa shape index (κ3) is 4.02. The van der Waals surface area contributed by atoms with Crippen molar-refractivity contribution in [1.29, 1.82) is 0 Å².